The lowest BCUT2D eigenvalue weighted by Crippen LogP contribution is -2.42. The first-order chi connectivity index (χ1) is 8.48. The van der Waals surface area contributed by atoms with Crippen LogP contribution in [0.1, 0.15) is 85.5 Å². The summed E-state index contributed by atoms with van der Waals surface area (Å²) in [5.41, 5.74) is 0.468. The Morgan fingerprint density at radius 2 is 1.50 bits per heavy atom. The highest BCUT2D eigenvalue weighted by Gasteiger charge is 2.48. The van der Waals surface area contributed by atoms with Crippen LogP contribution in [0, 0.1) is 11.3 Å². The topological polar surface area (TPSA) is 0 Å². The van der Waals surface area contributed by atoms with E-state index >= 15 is 0 Å². The molecule has 2 saturated carbocycles. The molecule has 0 nitrogen and oxygen atoms in total. The number of hydrogen-bond donors (Lipinski definition) is 0. The van der Waals surface area contributed by atoms with Crippen molar-refractivity contribution in [3.8, 4) is 0 Å². The molecule has 2 aliphatic carbocycles. The lowest BCUT2D eigenvalue weighted by Gasteiger charge is -2.53. The van der Waals surface area contributed by atoms with E-state index in [1.54, 1.807) is 0 Å². The molecule has 2 rings (SSSR count). The first-order valence-corrected chi connectivity index (χ1v) is 8.34. The molecule has 0 N–H and O–H groups in total. The summed E-state index contributed by atoms with van der Waals surface area (Å²) in [5, 5.41) is 0.536. The molecule has 0 atom stereocenters. The van der Waals surface area contributed by atoms with Gasteiger partial charge in [-0.1, -0.05) is 96.6 Å². The van der Waals surface area contributed by atoms with Gasteiger partial charge in [0.25, 0.3) is 0 Å². The Balaban J connectivity index is 2.16. The third kappa shape index (κ3) is 2.65. The van der Waals surface area contributed by atoms with Crippen LogP contribution in [0.25, 0.3) is 0 Å². The summed E-state index contributed by atoms with van der Waals surface area (Å²) in [6, 6.07) is 0. The van der Waals surface area contributed by atoms with E-state index in [0.717, 1.165) is 11.7 Å². The Morgan fingerprint density at radius 3 is 2.00 bits per heavy atom. The van der Waals surface area contributed by atoms with Gasteiger partial charge < -0.3 is 0 Å². The summed E-state index contributed by atoms with van der Waals surface area (Å²) in [6.07, 6.45) is 13.2. The van der Waals surface area contributed by atoms with Crippen molar-refractivity contribution in [3.05, 3.63) is 0 Å². The van der Waals surface area contributed by atoms with Crippen molar-refractivity contribution in [2.45, 2.75) is 96.6 Å². The molecule has 2 aliphatic rings. The average Bonchev–Trinajstić information content (AvgIpc) is 2.82. The summed E-state index contributed by atoms with van der Waals surface area (Å²) in [5.74, 6) is 1.72. The van der Waals surface area contributed by atoms with Gasteiger partial charge in [-0.2, -0.15) is 0 Å². The Morgan fingerprint density at radius 1 is 0.944 bits per heavy atom. The van der Waals surface area contributed by atoms with Crippen molar-refractivity contribution in [2.75, 3.05) is 0 Å². The van der Waals surface area contributed by atoms with Gasteiger partial charge in [0, 0.05) is 0 Å². The average molecular weight is 247 g/mol. The van der Waals surface area contributed by atoms with E-state index in [9.17, 15) is 0 Å². The first kappa shape index (κ1) is 14.5. The summed E-state index contributed by atoms with van der Waals surface area (Å²) in [4.78, 5) is 0. The molecule has 1 heteroatoms. The van der Waals surface area contributed by atoms with Crippen molar-refractivity contribution < 1.29 is 0 Å². The fourth-order valence-electron chi connectivity index (χ4n) is 4.36. The predicted octanol–water partition coefficient (Wildman–Crippen LogP) is 5.86. The first-order valence-electron chi connectivity index (χ1n) is 8.34. The van der Waals surface area contributed by atoms with Gasteiger partial charge in [-0.15, -0.1) is 0 Å². The quantitative estimate of drug-likeness (QED) is 0.546. The van der Waals surface area contributed by atoms with Crippen LogP contribution in [0.3, 0.4) is 0 Å². The minimum atomic E-state index is 0.468. The van der Waals surface area contributed by atoms with Gasteiger partial charge in [-0.05, 0) is 11.3 Å². The van der Waals surface area contributed by atoms with E-state index in [1.807, 2.05) is 0 Å². The SMILES string of the molecule is CC(C)C(C)(C)C1([B]C2CCCC2)CCCCC1. The van der Waals surface area contributed by atoms with Crippen LogP contribution in [0.4, 0.5) is 0 Å². The predicted molar refractivity (Wildman–Crippen MR) is 82.4 cm³/mol. The molecule has 0 aromatic rings. The minimum Gasteiger partial charge on any atom is -0.0682 e. The Bertz CT molecular complexity index is 255. The number of hydrogen-bond acceptors (Lipinski definition) is 0. The summed E-state index contributed by atoms with van der Waals surface area (Å²) in [6.45, 7) is 9.93. The van der Waals surface area contributed by atoms with E-state index in [2.05, 4.69) is 35.0 Å². The molecule has 103 valence electrons. The van der Waals surface area contributed by atoms with E-state index in [1.165, 1.54) is 57.8 Å². The molecule has 0 aromatic carbocycles. The lowest BCUT2D eigenvalue weighted by atomic mass is 9.33. The largest absolute Gasteiger partial charge is 0.122 e. The molecule has 18 heavy (non-hydrogen) atoms. The van der Waals surface area contributed by atoms with Crippen LogP contribution < -0.4 is 0 Å². The van der Waals surface area contributed by atoms with E-state index in [-0.39, 0.29) is 0 Å². The molecule has 0 spiro atoms. The summed E-state index contributed by atoms with van der Waals surface area (Å²) in [7, 11) is 2.85. The standard InChI is InChI=1S/C17H32B/c1-14(2)16(3,4)17(12-8-5-9-13-17)18-15-10-6-7-11-15/h14-15H,5-13H2,1-4H3. The summed E-state index contributed by atoms with van der Waals surface area (Å²) < 4.78 is 0. The highest BCUT2D eigenvalue weighted by Crippen LogP contribution is 2.60. The zero-order chi connectivity index (χ0) is 13.2. The zero-order valence-corrected chi connectivity index (χ0v) is 13.1. The van der Waals surface area contributed by atoms with E-state index in [0.29, 0.717) is 10.7 Å². The molecular formula is C17H32B. The second-order valence-corrected chi connectivity index (χ2v) is 7.80. The molecular weight excluding hydrogens is 215 g/mol. The van der Waals surface area contributed by atoms with E-state index < -0.39 is 0 Å². The molecule has 0 aliphatic heterocycles. The Kier molecular flexibility index (Phi) is 4.50. The van der Waals surface area contributed by atoms with Gasteiger partial charge in [-0.3, -0.25) is 0 Å². The fraction of sp³-hybridized carbons (Fsp3) is 1.00. The lowest BCUT2D eigenvalue weighted by molar-refractivity contribution is 0.114. The highest BCUT2D eigenvalue weighted by atomic mass is 14.5. The van der Waals surface area contributed by atoms with Gasteiger partial charge in [0.15, 0.2) is 0 Å². The molecule has 0 amide bonds. The van der Waals surface area contributed by atoms with Crippen molar-refractivity contribution >= 4 is 7.28 Å². The van der Waals surface area contributed by atoms with Gasteiger partial charge in [-0.25, -0.2) is 0 Å². The highest BCUT2D eigenvalue weighted by molar-refractivity contribution is 6.42. The van der Waals surface area contributed by atoms with Crippen molar-refractivity contribution in [1.82, 2.24) is 0 Å². The fourth-order valence-corrected chi connectivity index (χ4v) is 4.36. The second-order valence-electron chi connectivity index (χ2n) is 7.80. The van der Waals surface area contributed by atoms with Crippen LogP contribution in [-0.4, -0.2) is 7.28 Å². The summed E-state index contributed by atoms with van der Waals surface area (Å²) >= 11 is 0. The van der Waals surface area contributed by atoms with Gasteiger partial charge in [0.2, 0.25) is 0 Å². The second kappa shape index (κ2) is 5.59. The molecule has 0 bridgehead atoms. The van der Waals surface area contributed by atoms with Crippen molar-refractivity contribution in [3.63, 3.8) is 0 Å². The van der Waals surface area contributed by atoms with Gasteiger partial charge in [0.1, 0.15) is 7.28 Å². The maximum absolute atomic E-state index is 2.85. The van der Waals surface area contributed by atoms with Crippen molar-refractivity contribution in [2.24, 2.45) is 11.3 Å². The van der Waals surface area contributed by atoms with E-state index in [4.69, 9.17) is 0 Å². The molecule has 2 fully saturated rings. The third-order valence-electron chi connectivity index (χ3n) is 6.43. The van der Waals surface area contributed by atoms with Gasteiger partial charge >= 0.3 is 0 Å². The van der Waals surface area contributed by atoms with Crippen LogP contribution in [0.5, 0.6) is 0 Å². The zero-order valence-electron chi connectivity index (χ0n) is 13.1. The van der Waals surface area contributed by atoms with Gasteiger partial charge in [0.05, 0.1) is 0 Å². The van der Waals surface area contributed by atoms with Crippen LogP contribution >= 0.6 is 0 Å². The molecule has 0 unspecified atom stereocenters. The monoisotopic (exact) mass is 247 g/mol. The van der Waals surface area contributed by atoms with Crippen LogP contribution in [-0.2, 0) is 0 Å². The normalized spacial score (nSPS) is 25.6. The number of rotatable bonds is 4. The van der Waals surface area contributed by atoms with Crippen LogP contribution in [0.15, 0.2) is 0 Å². The smallest absolute Gasteiger partial charge is 0.0682 e. The van der Waals surface area contributed by atoms with Crippen molar-refractivity contribution in [1.29, 1.82) is 0 Å². The molecule has 0 aromatic heterocycles. The molecule has 0 heterocycles. The Hall–Kier alpha value is 0.0649. The Labute approximate surface area is 116 Å². The molecule has 1 radical (unpaired) electrons. The maximum atomic E-state index is 2.85. The van der Waals surface area contributed by atoms with Crippen LogP contribution in [0.2, 0.25) is 11.1 Å². The minimum absolute atomic E-state index is 0.468. The maximum Gasteiger partial charge on any atom is 0.122 e. The molecule has 0 saturated heterocycles. The third-order valence-corrected chi connectivity index (χ3v) is 6.43.